The van der Waals surface area contributed by atoms with Gasteiger partial charge in [-0.2, -0.15) is 0 Å². The first-order valence-corrected chi connectivity index (χ1v) is 12.0. The van der Waals surface area contributed by atoms with Crippen LogP contribution in [0.1, 0.15) is 56.6 Å². The smallest absolute Gasteiger partial charge is 0.325 e. The highest BCUT2D eigenvalue weighted by molar-refractivity contribution is 5.91. The SMILES string of the molecule is CC(NC(=O)CC1CC2(O)C3Cc4ccc(O)cc4C2(CCN3CC2CC2)CC1=O)C(=O)O. The maximum absolute atomic E-state index is 13.3. The molecule has 1 heterocycles. The zero-order valence-electron chi connectivity index (χ0n) is 18.9. The van der Waals surface area contributed by atoms with Crippen LogP contribution in [0, 0.1) is 11.8 Å². The second kappa shape index (κ2) is 7.81. The van der Waals surface area contributed by atoms with Gasteiger partial charge >= 0.3 is 5.97 Å². The van der Waals surface area contributed by atoms with E-state index in [0.29, 0.717) is 18.8 Å². The number of aliphatic hydroxyl groups is 1. The van der Waals surface area contributed by atoms with Crippen molar-refractivity contribution in [3.05, 3.63) is 29.3 Å². The zero-order chi connectivity index (χ0) is 23.5. The molecule has 178 valence electrons. The topological polar surface area (TPSA) is 127 Å². The zero-order valence-corrected chi connectivity index (χ0v) is 18.9. The largest absolute Gasteiger partial charge is 0.508 e. The molecule has 5 atom stereocenters. The number of nitrogens with one attached hydrogen (secondary N) is 1. The van der Waals surface area contributed by atoms with E-state index in [0.717, 1.165) is 24.2 Å². The molecule has 0 spiro atoms. The van der Waals surface area contributed by atoms with Gasteiger partial charge in [0.2, 0.25) is 5.91 Å². The fourth-order valence-electron chi connectivity index (χ4n) is 6.61. The predicted octanol–water partition coefficient (Wildman–Crippen LogP) is 1.36. The third-order valence-corrected chi connectivity index (χ3v) is 8.53. The maximum atomic E-state index is 13.3. The number of amides is 1. The number of benzene rings is 1. The third-order valence-electron chi connectivity index (χ3n) is 8.53. The summed E-state index contributed by atoms with van der Waals surface area (Å²) in [4.78, 5) is 39.3. The Kier molecular flexibility index (Phi) is 5.29. The number of likely N-dealkylation sites (tertiary alicyclic amines) is 1. The van der Waals surface area contributed by atoms with E-state index in [1.54, 1.807) is 12.1 Å². The van der Waals surface area contributed by atoms with E-state index < -0.39 is 34.9 Å². The number of hydrogen-bond donors (Lipinski definition) is 4. The molecule has 4 aliphatic rings. The normalized spacial score (nSPS) is 34.2. The van der Waals surface area contributed by atoms with Gasteiger partial charge in [-0.3, -0.25) is 19.3 Å². The lowest BCUT2D eigenvalue weighted by molar-refractivity contribution is -0.182. The van der Waals surface area contributed by atoms with Crippen LogP contribution in [0.4, 0.5) is 0 Å². The Hall–Kier alpha value is -2.45. The fourth-order valence-corrected chi connectivity index (χ4v) is 6.61. The number of carboxylic acids is 1. The van der Waals surface area contributed by atoms with Gasteiger partial charge < -0.3 is 20.6 Å². The van der Waals surface area contributed by atoms with E-state index in [-0.39, 0.29) is 36.8 Å². The van der Waals surface area contributed by atoms with Crippen molar-refractivity contribution in [2.24, 2.45) is 11.8 Å². The summed E-state index contributed by atoms with van der Waals surface area (Å²) in [5.74, 6) is -1.58. The molecule has 8 heteroatoms. The van der Waals surface area contributed by atoms with Crippen LogP contribution in [-0.2, 0) is 26.2 Å². The van der Waals surface area contributed by atoms with E-state index in [1.807, 2.05) is 6.07 Å². The molecule has 2 bridgehead atoms. The van der Waals surface area contributed by atoms with E-state index >= 15 is 0 Å². The Bertz CT molecular complexity index is 1010. The molecule has 4 N–H and O–H groups in total. The third kappa shape index (κ3) is 3.64. The summed E-state index contributed by atoms with van der Waals surface area (Å²) in [6.45, 7) is 3.12. The van der Waals surface area contributed by atoms with Crippen LogP contribution in [0.15, 0.2) is 18.2 Å². The molecule has 3 aliphatic carbocycles. The number of carboxylic acid groups (broad SMARTS) is 1. The molecule has 5 rings (SSSR count). The predicted molar refractivity (Wildman–Crippen MR) is 119 cm³/mol. The van der Waals surface area contributed by atoms with Gasteiger partial charge in [0.1, 0.15) is 17.6 Å². The number of piperidine rings is 1. The van der Waals surface area contributed by atoms with Crippen molar-refractivity contribution in [3.63, 3.8) is 0 Å². The standard InChI is InChI=1S/C25H32N2O6/c1-14(23(31)32)26-22(30)9-17-11-25(33)21-8-16-4-5-18(28)10-19(16)24(25,12-20(17)29)6-7-27(21)13-15-2-3-15/h4-5,10,14-15,17,21,28,33H,2-3,6-9,11-13H2,1H3,(H,26,30)(H,31,32). The second-order valence-electron chi connectivity index (χ2n) is 10.6. The molecule has 0 aromatic heterocycles. The lowest BCUT2D eigenvalue weighted by Crippen LogP contribution is -2.74. The van der Waals surface area contributed by atoms with Crippen LogP contribution in [0.3, 0.4) is 0 Å². The fraction of sp³-hybridized carbons (Fsp3) is 0.640. The number of carbonyl (C=O) groups excluding carboxylic acids is 2. The van der Waals surface area contributed by atoms with Crippen molar-refractivity contribution in [2.45, 2.75) is 75.0 Å². The summed E-state index contributed by atoms with van der Waals surface area (Å²) in [6.07, 6.45) is 3.85. The molecule has 1 aromatic rings. The van der Waals surface area contributed by atoms with Crippen molar-refractivity contribution in [1.82, 2.24) is 10.2 Å². The number of ketones is 1. The highest BCUT2D eigenvalue weighted by Gasteiger charge is 2.66. The van der Waals surface area contributed by atoms with E-state index in [4.69, 9.17) is 5.11 Å². The molecule has 2 saturated carbocycles. The van der Waals surface area contributed by atoms with Crippen molar-refractivity contribution < 1.29 is 29.7 Å². The molecule has 3 fully saturated rings. The van der Waals surface area contributed by atoms with Crippen LogP contribution in [0.2, 0.25) is 0 Å². The minimum atomic E-state index is -1.20. The highest BCUT2D eigenvalue weighted by atomic mass is 16.4. The number of phenolic OH excluding ortho intramolecular Hbond substituents is 1. The molecule has 1 saturated heterocycles. The molecule has 33 heavy (non-hydrogen) atoms. The minimum Gasteiger partial charge on any atom is -0.508 e. The summed E-state index contributed by atoms with van der Waals surface area (Å²) in [5, 5.41) is 34.1. The number of aromatic hydroxyl groups is 1. The number of fused-ring (bicyclic) bond motifs is 1. The van der Waals surface area contributed by atoms with Gasteiger partial charge in [0.25, 0.3) is 0 Å². The van der Waals surface area contributed by atoms with Gasteiger partial charge in [-0.15, -0.1) is 0 Å². The number of phenols is 1. The van der Waals surface area contributed by atoms with Crippen molar-refractivity contribution in [3.8, 4) is 5.75 Å². The number of aliphatic carboxylic acids is 1. The van der Waals surface area contributed by atoms with E-state index in [9.17, 15) is 24.6 Å². The monoisotopic (exact) mass is 456 g/mol. The number of hydrogen-bond acceptors (Lipinski definition) is 6. The van der Waals surface area contributed by atoms with Crippen LogP contribution >= 0.6 is 0 Å². The van der Waals surface area contributed by atoms with Crippen molar-refractivity contribution in [2.75, 3.05) is 13.1 Å². The minimum absolute atomic E-state index is 0.0802. The summed E-state index contributed by atoms with van der Waals surface area (Å²) < 4.78 is 0. The molecule has 0 radical (unpaired) electrons. The van der Waals surface area contributed by atoms with Crippen LogP contribution in [-0.4, -0.2) is 68.7 Å². The van der Waals surface area contributed by atoms with Crippen LogP contribution < -0.4 is 5.32 Å². The maximum Gasteiger partial charge on any atom is 0.325 e. The lowest BCUT2D eigenvalue weighted by atomic mass is 9.47. The Morgan fingerprint density at radius 3 is 2.76 bits per heavy atom. The summed E-state index contributed by atoms with van der Waals surface area (Å²) in [7, 11) is 0. The van der Waals surface area contributed by atoms with Crippen LogP contribution in [0.25, 0.3) is 0 Å². The van der Waals surface area contributed by atoms with Crippen LogP contribution in [0.5, 0.6) is 5.75 Å². The average Bonchev–Trinajstić information content (AvgIpc) is 3.55. The number of carbonyl (C=O) groups is 3. The molecular formula is C25H32N2O6. The molecule has 1 amide bonds. The summed E-state index contributed by atoms with van der Waals surface area (Å²) in [6, 6.07) is 4.10. The number of rotatable bonds is 6. The number of Topliss-reactive ketones (excluding diaryl/α,β-unsaturated/α-hetero) is 1. The average molecular weight is 457 g/mol. The van der Waals surface area contributed by atoms with Gasteiger partial charge in [0.15, 0.2) is 0 Å². The first-order valence-electron chi connectivity index (χ1n) is 12.0. The molecular weight excluding hydrogens is 424 g/mol. The summed E-state index contributed by atoms with van der Waals surface area (Å²) >= 11 is 0. The molecule has 1 aliphatic heterocycles. The highest BCUT2D eigenvalue weighted by Crippen LogP contribution is 2.59. The second-order valence-corrected chi connectivity index (χ2v) is 10.6. The van der Waals surface area contributed by atoms with Crippen molar-refractivity contribution >= 4 is 17.7 Å². The van der Waals surface area contributed by atoms with Crippen molar-refractivity contribution in [1.29, 1.82) is 0 Å². The van der Waals surface area contributed by atoms with Gasteiger partial charge in [0, 0.05) is 36.8 Å². The first kappa shape index (κ1) is 22.3. The quantitative estimate of drug-likeness (QED) is 0.509. The van der Waals surface area contributed by atoms with Gasteiger partial charge in [0.05, 0.1) is 5.60 Å². The summed E-state index contributed by atoms with van der Waals surface area (Å²) in [5.41, 5.74) is -0.0361. The Morgan fingerprint density at radius 1 is 1.30 bits per heavy atom. The molecule has 8 nitrogen and oxygen atoms in total. The number of nitrogens with zero attached hydrogens (tertiary/aromatic N) is 1. The first-order chi connectivity index (χ1) is 15.6. The lowest BCUT2D eigenvalue weighted by Gasteiger charge is -2.64. The Morgan fingerprint density at radius 2 is 2.06 bits per heavy atom. The molecule has 1 aromatic carbocycles. The Balaban J connectivity index is 1.48. The van der Waals surface area contributed by atoms with Gasteiger partial charge in [-0.25, -0.2) is 0 Å². The van der Waals surface area contributed by atoms with E-state index in [1.165, 1.54) is 19.8 Å². The molecule has 5 unspecified atom stereocenters. The Labute approximate surface area is 193 Å². The van der Waals surface area contributed by atoms with Gasteiger partial charge in [-0.1, -0.05) is 6.07 Å². The van der Waals surface area contributed by atoms with Gasteiger partial charge in [-0.05, 0) is 74.8 Å². The van der Waals surface area contributed by atoms with E-state index in [2.05, 4.69) is 10.2 Å².